The number of nitrogens with one attached hydrogen (secondary N) is 1. The Morgan fingerprint density at radius 1 is 1.22 bits per heavy atom. The second-order valence-electron chi connectivity index (χ2n) is 6.77. The van der Waals surface area contributed by atoms with Crippen molar-refractivity contribution in [1.29, 1.82) is 0 Å². The lowest BCUT2D eigenvalue weighted by Crippen LogP contribution is -2.34. The van der Waals surface area contributed by atoms with Crippen molar-refractivity contribution in [3.8, 4) is 5.75 Å². The summed E-state index contributed by atoms with van der Waals surface area (Å²) in [6, 6.07) is 6.87. The van der Waals surface area contributed by atoms with E-state index in [-0.39, 0.29) is 23.8 Å². The summed E-state index contributed by atoms with van der Waals surface area (Å²) in [5.41, 5.74) is 1.37. The fourth-order valence-electron chi connectivity index (χ4n) is 3.27. The van der Waals surface area contributed by atoms with Crippen LogP contribution in [0.5, 0.6) is 5.75 Å². The smallest absolute Gasteiger partial charge is 0.311 e. The molecule has 144 valence electrons. The van der Waals surface area contributed by atoms with E-state index in [4.69, 9.17) is 14.3 Å². The molecule has 0 spiro atoms. The molecule has 1 amide bonds. The van der Waals surface area contributed by atoms with Gasteiger partial charge in [0.1, 0.15) is 24.0 Å². The molecule has 2 aromatic rings. The summed E-state index contributed by atoms with van der Waals surface area (Å²) < 4.78 is 11.0. The van der Waals surface area contributed by atoms with Gasteiger partial charge in [-0.1, -0.05) is 6.42 Å². The molecule has 2 unspecified atom stereocenters. The zero-order chi connectivity index (χ0) is 19.4. The van der Waals surface area contributed by atoms with Crippen molar-refractivity contribution in [2.45, 2.75) is 51.2 Å². The second kappa shape index (κ2) is 8.26. The van der Waals surface area contributed by atoms with Gasteiger partial charge in [0, 0.05) is 11.3 Å². The van der Waals surface area contributed by atoms with Crippen LogP contribution in [0.2, 0.25) is 0 Å². The number of aliphatic carboxylic acids is 1. The molecular formula is C20H23NO6. The minimum Gasteiger partial charge on any atom is -0.488 e. The number of rotatable bonds is 6. The number of hydrogen-bond donors (Lipinski definition) is 3. The molecule has 1 aromatic heterocycles. The lowest BCUT2D eigenvalue weighted by Gasteiger charge is -2.28. The van der Waals surface area contributed by atoms with Gasteiger partial charge in [-0.15, -0.1) is 0 Å². The van der Waals surface area contributed by atoms with Crippen molar-refractivity contribution in [3.05, 3.63) is 47.4 Å². The molecule has 2 atom stereocenters. The lowest BCUT2D eigenvalue weighted by atomic mass is 9.95. The SMILES string of the molecule is Cc1coc(CC(=O)O)c1C(=O)Nc1ccc(OC2CCCCC2O)cc1. The Bertz CT molecular complexity index is 810. The van der Waals surface area contributed by atoms with Crippen molar-refractivity contribution in [1.82, 2.24) is 0 Å². The number of carboxylic acids is 1. The van der Waals surface area contributed by atoms with E-state index in [2.05, 4.69) is 5.32 Å². The number of anilines is 1. The summed E-state index contributed by atoms with van der Waals surface area (Å²) in [6.07, 6.45) is 4.00. The maximum Gasteiger partial charge on any atom is 0.311 e. The van der Waals surface area contributed by atoms with Crippen molar-refractivity contribution < 1.29 is 29.0 Å². The molecule has 27 heavy (non-hydrogen) atoms. The molecule has 0 aliphatic heterocycles. The number of benzene rings is 1. The molecule has 1 heterocycles. The van der Waals surface area contributed by atoms with Gasteiger partial charge in [-0.2, -0.15) is 0 Å². The Hall–Kier alpha value is -2.80. The largest absolute Gasteiger partial charge is 0.488 e. The first-order chi connectivity index (χ1) is 12.9. The van der Waals surface area contributed by atoms with Gasteiger partial charge < -0.3 is 24.7 Å². The third-order valence-corrected chi connectivity index (χ3v) is 4.66. The predicted octanol–water partition coefficient (Wildman–Crippen LogP) is 3.15. The zero-order valence-corrected chi connectivity index (χ0v) is 15.1. The van der Waals surface area contributed by atoms with Crippen molar-refractivity contribution in [3.63, 3.8) is 0 Å². The van der Waals surface area contributed by atoms with Crippen molar-refractivity contribution >= 4 is 17.6 Å². The molecule has 0 radical (unpaired) electrons. The molecule has 1 aromatic carbocycles. The van der Waals surface area contributed by atoms with Crippen LogP contribution in [-0.4, -0.2) is 34.3 Å². The minimum absolute atomic E-state index is 0.128. The van der Waals surface area contributed by atoms with Crippen LogP contribution in [-0.2, 0) is 11.2 Å². The van der Waals surface area contributed by atoms with E-state index in [0.717, 1.165) is 25.7 Å². The highest BCUT2D eigenvalue weighted by molar-refractivity contribution is 6.06. The van der Waals surface area contributed by atoms with Gasteiger partial charge in [-0.05, 0) is 50.5 Å². The summed E-state index contributed by atoms with van der Waals surface area (Å²) in [7, 11) is 0. The number of furan rings is 1. The number of aliphatic hydroxyl groups is 1. The van der Waals surface area contributed by atoms with Gasteiger partial charge in [-0.25, -0.2) is 0 Å². The Kier molecular flexibility index (Phi) is 5.81. The fraction of sp³-hybridized carbons (Fsp3) is 0.400. The maximum absolute atomic E-state index is 12.5. The third kappa shape index (κ3) is 4.68. The van der Waals surface area contributed by atoms with Gasteiger partial charge in [-0.3, -0.25) is 9.59 Å². The Morgan fingerprint density at radius 3 is 2.59 bits per heavy atom. The molecule has 3 N–H and O–H groups in total. The highest BCUT2D eigenvalue weighted by atomic mass is 16.5. The molecule has 1 aliphatic rings. The Balaban J connectivity index is 1.65. The Labute approximate surface area is 157 Å². The molecule has 0 bridgehead atoms. The summed E-state index contributed by atoms with van der Waals surface area (Å²) in [5, 5.41) is 21.7. The number of carbonyl (C=O) groups excluding carboxylic acids is 1. The molecule has 1 saturated carbocycles. The topological polar surface area (TPSA) is 109 Å². The van der Waals surface area contributed by atoms with Crippen LogP contribution >= 0.6 is 0 Å². The number of hydrogen-bond acceptors (Lipinski definition) is 5. The molecule has 1 aliphatic carbocycles. The van der Waals surface area contributed by atoms with E-state index in [0.29, 0.717) is 17.0 Å². The molecular weight excluding hydrogens is 350 g/mol. The van der Waals surface area contributed by atoms with Gasteiger partial charge in [0.05, 0.1) is 17.9 Å². The minimum atomic E-state index is -1.06. The quantitative estimate of drug-likeness (QED) is 0.718. The van der Waals surface area contributed by atoms with E-state index < -0.39 is 18.0 Å². The average molecular weight is 373 g/mol. The first-order valence-electron chi connectivity index (χ1n) is 8.99. The summed E-state index contributed by atoms with van der Waals surface area (Å²) >= 11 is 0. The van der Waals surface area contributed by atoms with Gasteiger partial charge >= 0.3 is 5.97 Å². The molecule has 0 saturated heterocycles. The van der Waals surface area contributed by atoms with Crippen molar-refractivity contribution in [2.75, 3.05) is 5.32 Å². The summed E-state index contributed by atoms with van der Waals surface area (Å²) in [5.74, 6) is -0.729. The number of ether oxygens (including phenoxy) is 1. The molecule has 7 nitrogen and oxygen atoms in total. The lowest BCUT2D eigenvalue weighted by molar-refractivity contribution is -0.136. The van der Waals surface area contributed by atoms with Gasteiger partial charge in [0.25, 0.3) is 5.91 Å². The van der Waals surface area contributed by atoms with Crippen LogP contribution in [0.4, 0.5) is 5.69 Å². The van der Waals surface area contributed by atoms with E-state index in [9.17, 15) is 14.7 Å². The number of aryl methyl sites for hydroxylation is 1. The molecule has 7 heteroatoms. The van der Waals surface area contributed by atoms with E-state index >= 15 is 0 Å². The van der Waals surface area contributed by atoms with Crippen LogP contribution in [0.25, 0.3) is 0 Å². The monoisotopic (exact) mass is 373 g/mol. The van der Waals surface area contributed by atoms with Crippen molar-refractivity contribution in [2.24, 2.45) is 0 Å². The zero-order valence-electron chi connectivity index (χ0n) is 15.1. The van der Waals surface area contributed by atoms with Crippen LogP contribution in [0.1, 0.15) is 47.4 Å². The maximum atomic E-state index is 12.5. The third-order valence-electron chi connectivity index (χ3n) is 4.66. The predicted molar refractivity (Wildman–Crippen MR) is 98.1 cm³/mol. The number of aliphatic hydroxyl groups excluding tert-OH is 1. The molecule has 3 rings (SSSR count). The van der Waals surface area contributed by atoms with Crippen LogP contribution < -0.4 is 10.1 Å². The van der Waals surface area contributed by atoms with Crippen LogP contribution in [0.3, 0.4) is 0 Å². The number of carboxylic acid groups (broad SMARTS) is 1. The first kappa shape index (κ1) is 19.0. The highest BCUT2D eigenvalue weighted by Gasteiger charge is 2.25. The van der Waals surface area contributed by atoms with E-state index in [1.165, 1.54) is 6.26 Å². The second-order valence-corrected chi connectivity index (χ2v) is 6.77. The van der Waals surface area contributed by atoms with Gasteiger partial charge in [0.15, 0.2) is 0 Å². The van der Waals surface area contributed by atoms with Crippen LogP contribution in [0, 0.1) is 6.92 Å². The summed E-state index contributed by atoms with van der Waals surface area (Å²) in [6.45, 7) is 1.69. The van der Waals surface area contributed by atoms with E-state index in [1.54, 1.807) is 31.2 Å². The normalized spacial score (nSPS) is 19.5. The highest BCUT2D eigenvalue weighted by Crippen LogP contribution is 2.25. The first-order valence-corrected chi connectivity index (χ1v) is 8.99. The van der Waals surface area contributed by atoms with Crippen LogP contribution in [0.15, 0.2) is 34.9 Å². The fourth-order valence-corrected chi connectivity index (χ4v) is 3.27. The summed E-state index contributed by atoms with van der Waals surface area (Å²) in [4.78, 5) is 23.4. The standard InChI is InChI=1S/C20H23NO6/c1-12-11-26-17(10-18(23)24)19(12)20(25)21-13-6-8-14(9-7-13)27-16-5-3-2-4-15(16)22/h6-9,11,15-16,22H,2-5,10H2,1H3,(H,21,25)(H,23,24). The van der Waals surface area contributed by atoms with E-state index in [1.807, 2.05) is 0 Å². The number of amides is 1. The molecule has 1 fully saturated rings. The number of carbonyl (C=O) groups is 2. The average Bonchev–Trinajstić information content (AvgIpc) is 2.98. The van der Waals surface area contributed by atoms with Gasteiger partial charge in [0.2, 0.25) is 0 Å². The Morgan fingerprint density at radius 2 is 1.93 bits per heavy atom.